The molecule has 0 N–H and O–H groups in total. The lowest BCUT2D eigenvalue weighted by molar-refractivity contribution is 0.0509. The van der Waals surface area contributed by atoms with Crippen LogP contribution in [0, 0.1) is 0 Å². The Morgan fingerprint density at radius 3 is 2.59 bits per heavy atom. The Morgan fingerprint density at radius 2 is 1.94 bits per heavy atom. The standard InChI is InChI=1S/C23H29ClN2O4S2/c24-21-10-9-18(15-22(21)32(28,29)26-11-3-1-2-4-12-26)23(27)25(16-19-7-5-13-30-19)17-20-8-6-14-31-20/h6,8-10,14-15,19H,1-5,7,11-13,16-17H2. The second-order valence-electron chi connectivity index (χ2n) is 8.36. The zero-order chi connectivity index (χ0) is 22.6. The molecule has 2 aromatic rings. The van der Waals surface area contributed by atoms with Crippen molar-refractivity contribution in [2.45, 2.75) is 56.1 Å². The summed E-state index contributed by atoms with van der Waals surface area (Å²) in [6.07, 6.45) is 5.65. The smallest absolute Gasteiger partial charge is 0.254 e. The van der Waals surface area contributed by atoms with Crippen molar-refractivity contribution in [3.63, 3.8) is 0 Å². The minimum absolute atomic E-state index is 0.00603. The van der Waals surface area contributed by atoms with Crippen molar-refractivity contribution >= 4 is 38.9 Å². The minimum Gasteiger partial charge on any atom is -0.376 e. The van der Waals surface area contributed by atoms with Gasteiger partial charge in [0.05, 0.1) is 17.7 Å². The van der Waals surface area contributed by atoms with Crippen LogP contribution in [0.5, 0.6) is 0 Å². The molecule has 2 fully saturated rings. The van der Waals surface area contributed by atoms with Gasteiger partial charge in [-0.2, -0.15) is 4.31 Å². The number of sulfonamides is 1. The number of hydrogen-bond acceptors (Lipinski definition) is 5. The fraction of sp³-hybridized carbons (Fsp3) is 0.522. The predicted octanol–water partition coefficient (Wildman–Crippen LogP) is 4.79. The molecule has 6 nitrogen and oxygen atoms in total. The molecule has 2 saturated heterocycles. The van der Waals surface area contributed by atoms with E-state index in [0.717, 1.165) is 43.4 Å². The van der Waals surface area contributed by atoms with Crippen LogP contribution < -0.4 is 0 Å². The van der Waals surface area contributed by atoms with Crippen LogP contribution in [-0.4, -0.2) is 55.9 Å². The first-order chi connectivity index (χ1) is 15.4. The van der Waals surface area contributed by atoms with Gasteiger partial charge in [-0.25, -0.2) is 8.42 Å². The molecule has 0 bridgehead atoms. The number of ether oxygens (including phenoxy) is 1. The van der Waals surface area contributed by atoms with E-state index in [2.05, 4.69) is 0 Å². The molecule has 4 rings (SSSR count). The number of hydrogen-bond donors (Lipinski definition) is 0. The Balaban J connectivity index is 1.61. The number of halogens is 1. The first kappa shape index (κ1) is 23.7. The van der Waals surface area contributed by atoms with Gasteiger partial charge in [0.15, 0.2) is 0 Å². The molecule has 0 radical (unpaired) electrons. The Labute approximate surface area is 199 Å². The predicted molar refractivity (Wildman–Crippen MR) is 127 cm³/mol. The SMILES string of the molecule is O=C(c1ccc(Cl)c(S(=O)(=O)N2CCCCCC2)c1)N(Cc1cccs1)CC1CCCO1. The van der Waals surface area contributed by atoms with E-state index in [1.165, 1.54) is 16.4 Å². The number of nitrogens with zero attached hydrogens (tertiary/aromatic N) is 2. The van der Waals surface area contributed by atoms with E-state index in [1.54, 1.807) is 22.3 Å². The van der Waals surface area contributed by atoms with Crippen molar-refractivity contribution < 1.29 is 17.9 Å². The molecule has 3 heterocycles. The van der Waals surface area contributed by atoms with Crippen LogP contribution >= 0.6 is 22.9 Å². The molecule has 32 heavy (non-hydrogen) atoms. The van der Waals surface area contributed by atoms with Gasteiger partial charge >= 0.3 is 0 Å². The van der Waals surface area contributed by atoms with Crippen molar-refractivity contribution in [3.8, 4) is 0 Å². The van der Waals surface area contributed by atoms with Gasteiger partial charge in [-0.3, -0.25) is 4.79 Å². The van der Waals surface area contributed by atoms with Crippen molar-refractivity contribution in [3.05, 3.63) is 51.2 Å². The molecule has 0 aliphatic carbocycles. The van der Waals surface area contributed by atoms with E-state index < -0.39 is 10.0 Å². The molecule has 0 saturated carbocycles. The van der Waals surface area contributed by atoms with E-state index in [4.69, 9.17) is 16.3 Å². The summed E-state index contributed by atoms with van der Waals surface area (Å²) in [5, 5.41) is 2.13. The van der Waals surface area contributed by atoms with Crippen molar-refractivity contribution in [2.75, 3.05) is 26.2 Å². The highest BCUT2D eigenvalue weighted by Gasteiger charge is 2.30. The number of thiophene rings is 1. The maximum Gasteiger partial charge on any atom is 0.254 e. The van der Waals surface area contributed by atoms with Crippen molar-refractivity contribution in [2.24, 2.45) is 0 Å². The van der Waals surface area contributed by atoms with Crippen LogP contribution in [0.3, 0.4) is 0 Å². The summed E-state index contributed by atoms with van der Waals surface area (Å²) in [6, 6.07) is 8.54. The van der Waals surface area contributed by atoms with Crippen molar-refractivity contribution in [1.29, 1.82) is 0 Å². The fourth-order valence-corrected chi connectivity index (χ4v) is 7.02. The monoisotopic (exact) mass is 496 g/mol. The lowest BCUT2D eigenvalue weighted by atomic mass is 10.1. The highest BCUT2D eigenvalue weighted by atomic mass is 35.5. The van der Waals surface area contributed by atoms with E-state index in [-0.39, 0.29) is 21.9 Å². The number of amides is 1. The van der Waals surface area contributed by atoms with Gasteiger partial charge in [0.2, 0.25) is 10.0 Å². The zero-order valence-corrected chi connectivity index (χ0v) is 20.4. The van der Waals surface area contributed by atoms with Gasteiger partial charge in [-0.05, 0) is 55.3 Å². The molecule has 1 atom stereocenters. The van der Waals surface area contributed by atoms with Crippen molar-refractivity contribution in [1.82, 2.24) is 9.21 Å². The second kappa shape index (κ2) is 10.7. The molecular weight excluding hydrogens is 468 g/mol. The van der Waals surface area contributed by atoms with Crippen LogP contribution in [-0.2, 0) is 21.3 Å². The highest BCUT2D eigenvalue weighted by molar-refractivity contribution is 7.89. The van der Waals surface area contributed by atoms with E-state index in [1.807, 2.05) is 17.5 Å². The molecule has 0 spiro atoms. The molecule has 1 amide bonds. The molecule has 174 valence electrons. The lowest BCUT2D eigenvalue weighted by Gasteiger charge is -2.26. The number of carbonyl (C=O) groups excluding carboxylic acids is 1. The van der Waals surface area contributed by atoms with Crippen LogP contribution in [0.15, 0.2) is 40.6 Å². The zero-order valence-electron chi connectivity index (χ0n) is 18.0. The summed E-state index contributed by atoms with van der Waals surface area (Å²) < 4.78 is 33.9. The summed E-state index contributed by atoms with van der Waals surface area (Å²) in [6.45, 7) is 2.63. The molecule has 1 unspecified atom stereocenters. The van der Waals surface area contributed by atoms with Gasteiger partial charge in [0.25, 0.3) is 5.91 Å². The average Bonchev–Trinajstić information content (AvgIpc) is 3.41. The summed E-state index contributed by atoms with van der Waals surface area (Å²) in [5.41, 5.74) is 0.331. The molecular formula is C23H29ClN2O4S2. The third kappa shape index (κ3) is 5.54. The first-order valence-electron chi connectivity index (χ1n) is 11.2. The van der Waals surface area contributed by atoms with E-state index in [9.17, 15) is 13.2 Å². The molecule has 1 aromatic heterocycles. The van der Waals surface area contributed by atoms with E-state index in [0.29, 0.717) is 38.3 Å². The number of rotatable bonds is 7. The second-order valence-corrected chi connectivity index (χ2v) is 11.7. The third-order valence-corrected chi connectivity index (χ3v) is 9.26. The average molecular weight is 497 g/mol. The van der Waals surface area contributed by atoms with Crippen LogP contribution in [0.25, 0.3) is 0 Å². The molecule has 2 aliphatic heterocycles. The third-order valence-electron chi connectivity index (χ3n) is 6.02. The highest BCUT2D eigenvalue weighted by Crippen LogP contribution is 2.29. The van der Waals surface area contributed by atoms with Crippen LogP contribution in [0.1, 0.15) is 53.8 Å². The maximum atomic E-state index is 13.5. The minimum atomic E-state index is -3.76. The topological polar surface area (TPSA) is 66.9 Å². The molecule has 9 heteroatoms. The van der Waals surface area contributed by atoms with Gasteiger partial charge in [-0.15, -0.1) is 11.3 Å². The van der Waals surface area contributed by atoms with Crippen LogP contribution in [0.4, 0.5) is 0 Å². The fourth-order valence-electron chi connectivity index (χ4n) is 4.28. The van der Waals surface area contributed by atoms with E-state index >= 15 is 0 Å². The van der Waals surface area contributed by atoms with Gasteiger partial charge in [-0.1, -0.05) is 30.5 Å². The summed E-state index contributed by atoms with van der Waals surface area (Å²) in [7, 11) is -3.76. The molecule has 2 aliphatic rings. The normalized spacial score (nSPS) is 20.2. The Kier molecular flexibility index (Phi) is 7.89. The Hall–Kier alpha value is -1.45. The van der Waals surface area contributed by atoms with Gasteiger partial charge in [0.1, 0.15) is 4.90 Å². The maximum absolute atomic E-state index is 13.5. The van der Waals surface area contributed by atoms with Gasteiger partial charge in [0, 0.05) is 36.7 Å². The van der Waals surface area contributed by atoms with Crippen LogP contribution in [0.2, 0.25) is 5.02 Å². The lowest BCUT2D eigenvalue weighted by Crippen LogP contribution is -2.37. The Morgan fingerprint density at radius 1 is 1.16 bits per heavy atom. The van der Waals surface area contributed by atoms with Gasteiger partial charge < -0.3 is 9.64 Å². The number of benzene rings is 1. The summed E-state index contributed by atoms with van der Waals surface area (Å²) in [5.74, 6) is -0.210. The largest absolute Gasteiger partial charge is 0.376 e. The summed E-state index contributed by atoms with van der Waals surface area (Å²) in [4.78, 5) is 16.3. The number of carbonyl (C=O) groups is 1. The quantitative estimate of drug-likeness (QED) is 0.552. The summed E-state index contributed by atoms with van der Waals surface area (Å²) >= 11 is 7.92. The Bertz CT molecular complexity index is 1010. The molecule has 1 aromatic carbocycles. The first-order valence-corrected chi connectivity index (χ1v) is 13.9.